The molecule has 0 saturated carbocycles. The zero-order valence-electron chi connectivity index (χ0n) is 10.8. The van der Waals surface area contributed by atoms with Crippen LogP contribution in [0.4, 0.5) is 0 Å². The second kappa shape index (κ2) is 5.07. The number of ether oxygens (including phenoxy) is 1. The van der Waals surface area contributed by atoms with E-state index in [1.54, 1.807) is 0 Å². The Kier molecular flexibility index (Phi) is 3.69. The van der Waals surface area contributed by atoms with Gasteiger partial charge in [-0.1, -0.05) is 26.0 Å². The van der Waals surface area contributed by atoms with E-state index in [-0.39, 0.29) is 5.41 Å². The predicted molar refractivity (Wildman–Crippen MR) is 70.6 cm³/mol. The monoisotopic (exact) mass is 234 g/mol. The summed E-state index contributed by atoms with van der Waals surface area (Å²) in [6.07, 6.45) is 1.04. The largest absolute Gasteiger partial charge is 0.493 e. The fourth-order valence-electron chi connectivity index (χ4n) is 2.21. The highest BCUT2D eigenvalue weighted by molar-refractivity contribution is 5.42. The van der Waals surface area contributed by atoms with Crippen LogP contribution >= 0.6 is 0 Å². The average molecular weight is 234 g/mol. The van der Waals surface area contributed by atoms with Crippen molar-refractivity contribution >= 4 is 0 Å². The van der Waals surface area contributed by atoms with Crippen molar-refractivity contribution in [2.75, 3.05) is 26.2 Å². The molecule has 2 rings (SSSR count). The van der Waals surface area contributed by atoms with Gasteiger partial charge < -0.3 is 15.8 Å². The van der Waals surface area contributed by atoms with Gasteiger partial charge in [0, 0.05) is 31.5 Å². The van der Waals surface area contributed by atoms with E-state index in [0.717, 1.165) is 31.9 Å². The number of fused-ring (bicyclic) bond motifs is 1. The number of rotatable bonds is 5. The molecule has 0 saturated heterocycles. The van der Waals surface area contributed by atoms with Crippen molar-refractivity contribution in [2.24, 2.45) is 5.73 Å². The Morgan fingerprint density at radius 3 is 3.00 bits per heavy atom. The predicted octanol–water partition coefficient (Wildman–Crippen LogP) is 1.45. The van der Waals surface area contributed by atoms with Crippen LogP contribution in [0.15, 0.2) is 18.2 Å². The highest BCUT2D eigenvalue weighted by Gasteiger charge is 2.22. The molecule has 0 fully saturated rings. The van der Waals surface area contributed by atoms with E-state index in [9.17, 15) is 0 Å². The molecule has 0 radical (unpaired) electrons. The van der Waals surface area contributed by atoms with Crippen molar-refractivity contribution in [3.8, 4) is 5.75 Å². The standard InChI is InChI=1S/C14H22N2O/c1-14(2,10-16-7-6-15)12-3-4-13-11(9-12)5-8-17-13/h3-4,9,16H,5-8,10,15H2,1-2H3. The van der Waals surface area contributed by atoms with Gasteiger partial charge in [-0.25, -0.2) is 0 Å². The molecule has 1 aliphatic heterocycles. The van der Waals surface area contributed by atoms with Crippen LogP contribution in [0.25, 0.3) is 0 Å². The van der Waals surface area contributed by atoms with Crippen molar-refractivity contribution in [1.82, 2.24) is 5.32 Å². The zero-order chi connectivity index (χ0) is 12.3. The number of benzene rings is 1. The molecule has 0 unspecified atom stereocenters. The van der Waals surface area contributed by atoms with E-state index < -0.39 is 0 Å². The first kappa shape index (κ1) is 12.4. The van der Waals surface area contributed by atoms with Crippen LogP contribution in [0.2, 0.25) is 0 Å². The molecule has 0 amide bonds. The first-order valence-electron chi connectivity index (χ1n) is 6.30. The van der Waals surface area contributed by atoms with Gasteiger partial charge in [-0.15, -0.1) is 0 Å². The van der Waals surface area contributed by atoms with Gasteiger partial charge in [0.15, 0.2) is 0 Å². The first-order chi connectivity index (χ1) is 8.13. The van der Waals surface area contributed by atoms with Gasteiger partial charge in [0.2, 0.25) is 0 Å². The maximum absolute atomic E-state index is 5.53. The lowest BCUT2D eigenvalue weighted by atomic mass is 9.83. The van der Waals surface area contributed by atoms with Gasteiger partial charge >= 0.3 is 0 Å². The Morgan fingerprint density at radius 2 is 2.24 bits per heavy atom. The summed E-state index contributed by atoms with van der Waals surface area (Å²) >= 11 is 0. The summed E-state index contributed by atoms with van der Waals surface area (Å²) in [7, 11) is 0. The van der Waals surface area contributed by atoms with Crippen LogP contribution in [0.1, 0.15) is 25.0 Å². The highest BCUT2D eigenvalue weighted by atomic mass is 16.5. The highest BCUT2D eigenvalue weighted by Crippen LogP contribution is 2.31. The van der Waals surface area contributed by atoms with Crippen LogP contribution < -0.4 is 15.8 Å². The molecule has 0 aliphatic carbocycles. The number of hydrogen-bond donors (Lipinski definition) is 2. The molecule has 1 aliphatic rings. The normalized spacial score (nSPS) is 14.5. The summed E-state index contributed by atoms with van der Waals surface area (Å²) in [5.74, 6) is 1.06. The zero-order valence-corrected chi connectivity index (χ0v) is 10.8. The van der Waals surface area contributed by atoms with Crippen molar-refractivity contribution < 1.29 is 4.74 Å². The third-order valence-electron chi connectivity index (χ3n) is 3.36. The molecule has 1 heterocycles. The Bertz CT molecular complexity index is 388. The summed E-state index contributed by atoms with van der Waals surface area (Å²) < 4.78 is 5.53. The van der Waals surface area contributed by atoms with Crippen LogP contribution in [0.3, 0.4) is 0 Å². The van der Waals surface area contributed by atoms with Gasteiger partial charge in [0.25, 0.3) is 0 Å². The fraction of sp³-hybridized carbons (Fsp3) is 0.571. The number of nitrogens with two attached hydrogens (primary N) is 1. The van der Waals surface area contributed by atoms with Gasteiger partial charge in [-0.2, -0.15) is 0 Å². The summed E-state index contributed by atoms with van der Waals surface area (Å²) in [6.45, 7) is 7.85. The Morgan fingerprint density at radius 1 is 1.41 bits per heavy atom. The molecule has 0 aromatic heterocycles. The van der Waals surface area contributed by atoms with Crippen molar-refractivity contribution in [3.05, 3.63) is 29.3 Å². The van der Waals surface area contributed by atoms with Crippen LogP contribution in [0, 0.1) is 0 Å². The molecule has 17 heavy (non-hydrogen) atoms. The Labute approximate surface area is 103 Å². The second-order valence-corrected chi connectivity index (χ2v) is 5.27. The molecule has 3 heteroatoms. The molecule has 0 spiro atoms. The van der Waals surface area contributed by atoms with E-state index in [0.29, 0.717) is 6.54 Å². The van der Waals surface area contributed by atoms with E-state index in [1.165, 1.54) is 11.1 Å². The van der Waals surface area contributed by atoms with E-state index in [1.807, 2.05) is 0 Å². The molecule has 1 aromatic rings. The van der Waals surface area contributed by atoms with Crippen LogP contribution in [0.5, 0.6) is 5.75 Å². The maximum Gasteiger partial charge on any atom is 0.122 e. The lowest BCUT2D eigenvalue weighted by Crippen LogP contribution is -2.35. The topological polar surface area (TPSA) is 47.3 Å². The minimum atomic E-state index is 0.132. The smallest absolute Gasteiger partial charge is 0.122 e. The third-order valence-corrected chi connectivity index (χ3v) is 3.36. The average Bonchev–Trinajstić information content (AvgIpc) is 2.76. The molecule has 0 bridgehead atoms. The van der Waals surface area contributed by atoms with Crippen molar-refractivity contribution in [2.45, 2.75) is 25.7 Å². The quantitative estimate of drug-likeness (QED) is 0.758. The molecule has 1 aromatic carbocycles. The van der Waals surface area contributed by atoms with E-state index >= 15 is 0 Å². The molecule has 3 N–H and O–H groups in total. The molecular weight excluding hydrogens is 212 g/mol. The van der Waals surface area contributed by atoms with Gasteiger partial charge in [-0.3, -0.25) is 0 Å². The molecule has 0 atom stereocenters. The van der Waals surface area contributed by atoms with Crippen LogP contribution in [-0.4, -0.2) is 26.2 Å². The second-order valence-electron chi connectivity index (χ2n) is 5.27. The lowest BCUT2D eigenvalue weighted by molar-refractivity contribution is 0.356. The first-order valence-corrected chi connectivity index (χ1v) is 6.30. The summed E-state index contributed by atoms with van der Waals surface area (Å²) in [5.41, 5.74) is 8.33. The molecular formula is C14H22N2O. The van der Waals surface area contributed by atoms with Gasteiger partial charge in [0.05, 0.1) is 6.61 Å². The van der Waals surface area contributed by atoms with Crippen molar-refractivity contribution in [3.63, 3.8) is 0 Å². The van der Waals surface area contributed by atoms with E-state index in [4.69, 9.17) is 10.5 Å². The lowest BCUT2D eigenvalue weighted by Gasteiger charge is -2.26. The minimum absolute atomic E-state index is 0.132. The third kappa shape index (κ3) is 2.79. The van der Waals surface area contributed by atoms with Crippen LogP contribution in [-0.2, 0) is 11.8 Å². The van der Waals surface area contributed by atoms with Gasteiger partial charge in [-0.05, 0) is 17.2 Å². The Hall–Kier alpha value is -1.06. The molecule has 3 nitrogen and oxygen atoms in total. The number of hydrogen-bond acceptors (Lipinski definition) is 3. The SMILES string of the molecule is CC(C)(CNCCN)c1ccc2c(c1)CCO2. The molecule has 94 valence electrons. The summed E-state index contributed by atoms with van der Waals surface area (Å²) in [5, 5.41) is 3.39. The Balaban J connectivity index is 2.10. The van der Waals surface area contributed by atoms with E-state index in [2.05, 4.69) is 37.4 Å². The summed E-state index contributed by atoms with van der Waals surface area (Å²) in [4.78, 5) is 0. The van der Waals surface area contributed by atoms with Crippen molar-refractivity contribution in [1.29, 1.82) is 0 Å². The minimum Gasteiger partial charge on any atom is -0.493 e. The summed E-state index contributed by atoms with van der Waals surface area (Å²) in [6, 6.07) is 6.56. The number of nitrogens with one attached hydrogen (secondary N) is 1. The maximum atomic E-state index is 5.53. The van der Waals surface area contributed by atoms with Gasteiger partial charge in [0.1, 0.15) is 5.75 Å². The fourth-order valence-corrected chi connectivity index (χ4v) is 2.21.